The third kappa shape index (κ3) is 6.31. The number of hydrogen-bond acceptors (Lipinski definition) is 5. The molecule has 0 bridgehead atoms. The van der Waals surface area contributed by atoms with Crippen LogP contribution in [0.25, 0.3) is 0 Å². The van der Waals surface area contributed by atoms with Crippen molar-refractivity contribution in [3.8, 4) is 0 Å². The van der Waals surface area contributed by atoms with Gasteiger partial charge >= 0.3 is 8.80 Å². The van der Waals surface area contributed by atoms with E-state index in [9.17, 15) is 12.8 Å². The first-order chi connectivity index (χ1) is 10.9. The van der Waals surface area contributed by atoms with Crippen LogP contribution >= 0.6 is 0 Å². The van der Waals surface area contributed by atoms with Crippen molar-refractivity contribution in [3.05, 3.63) is 30.1 Å². The summed E-state index contributed by atoms with van der Waals surface area (Å²) in [6.45, 7) is 6.93. The molecule has 0 amide bonds. The Morgan fingerprint density at radius 3 is 1.87 bits per heavy atom. The van der Waals surface area contributed by atoms with Gasteiger partial charge in [0.2, 0.25) is 0 Å². The molecule has 0 atom stereocenters. The minimum absolute atomic E-state index is 0.0550. The van der Waals surface area contributed by atoms with Crippen molar-refractivity contribution in [2.75, 3.05) is 25.6 Å². The van der Waals surface area contributed by atoms with Gasteiger partial charge in [-0.3, -0.25) is 0 Å². The summed E-state index contributed by atoms with van der Waals surface area (Å²) in [5, 5.41) is 0. The summed E-state index contributed by atoms with van der Waals surface area (Å²) in [7, 11) is -6.29. The number of halogens is 1. The number of sulfone groups is 1. The third-order valence-corrected chi connectivity index (χ3v) is 8.13. The zero-order valence-corrected chi connectivity index (χ0v) is 15.7. The largest absolute Gasteiger partial charge is 0.500 e. The predicted octanol–water partition coefficient (Wildman–Crippen LogP) is 3.04. The average molecular weight is 365 g/mol. The highest BCUT2D eigenvalue weighted by molar-refractivity contribution is 7.91. The monoisotopic (exact) mass is 364 g/mol. The summed E-state index contributed by atoms with van der Waals surface area (Å²) in [5.41, 5.74) is 0. The summed E-state index contributed by atoms with van der Waals surface area (Å²) < 4.78 is 54.5. The molecule has 0 aliphatic rings. The molecule has 0 saturated heterocycles. The molecule has 0 heterocycles. The van der Waals surface area contributed by atoms with E-state index in [0.717, 1.165) is 12.1 Å². The van der Waals surface area contributed by atoms with Crippen LogP contribution in [0.3, 0.4) is 0 Å². The Bertz CT molecular complexity index is 545. The first-order valence-corrected chi connectivity index (χ1v) is 11.4. The summed E-state index contributed by atoms with van der Waals surface area (Å²) in [4.78, 5) is 0.121. The Labute approximate surface area is 139 Å². The van der Waals surface area contributed by atoms with Crippen LogP contribution in [-0.2, 0) is 23.1 Å². The molecule has 0 aliphatic carbocycles. The molecule has 0 radical (unpaired) electrons. The second-order valence-corrected chi connectivity index (χ2v) is 9.70. The lowest BCUT2D eigenvalue weighted by Gasteiger charge is -2.28. The van der Waals surface area contributed by atoms with Crippen LogP contribution in [0.4, 0.5) is 4.39 Å². The molecule has 0 spiro atoms. The number of hydrogen-bond donors (Lipinski definition) is 0. The van der Waals surface area contributed by atoms with Crippen molar-refractivity contribution >= 4 is 18.6 Å². The van der Waals surface area contributed by atoms with E-state index in [1.165, 1.54) is 12.1 Å². The Morgan fingerprint density at radius 2 is 1.43 bits per heavy atom. The van der Waals surface area contributed by atoms with Gasteiger partial charge in [-0.2, -0.15) is 0 Å². The highest BCUT2D eigenvalue weighted by Gasteiger charge is 2.40. The van der Waals surface area contributed by atoms with E-state index < -0.39 is 24.5 Å². The van der Waals surface area contributed by atoms with Gasteiger partial charge < -0.3 is 13.3 Å². The molecular formula is C15H25FO5SSi. The Hall–Kier alpha value is -0.803. The van der Waals surface area contributed by atoms with Crippen molar-refractivity contribution in [3.63, 3.8) is 0 Å². The van der Waals surface area contributed by atoms with Crippen molar-refractivity contribution in [1.29, 1.82) is 0 Å². The molecule has 1 aromatic carbocycles. The molecule has 8 heteroatoms. The van der Waals surface area contributed by atoms with Crippen LogP contribution in [0.5, 0.6) is 0 Å². The molecule has 1 rings (SSSR count). The van der Waals surface area contributed by atoms with E-state index >= 15 is 0 Å². The predicted molar refractivity (Wildman–Crippen MR) is 88.5 cm³/mol. The van der Waals surface area contributed by atoms with Gasteiger partial charge in [-0.05, 0) is 51.5 Å². The maximum atomic E-state index is 12.9. The lowest BCUT2D eigenvalue weighted by atomic mass is 10.4. The summed E-state index contributed by atoms with van der Waals surface area (Å²) in [6.07, 6.45) is 0.367. The molecule has 0 unspecified atom stereocenters. The summed E-state index contributed by atoms with van der Waals surface area (Å²) >= 11 is 0. The van der Waals surface area contributed by atoms with Gasteiger partial charge in [-0.25, -0.2) is 12.8 Å². The fourth-order valence-corrected chi connectivity index (χ4v) is 6.42. The van der Waals surface area contributed by atoms with Gasteiger partial charge in [0.05, 0.1) is 10.6 Å². The quantitative estimate of drug-likeness (QED) is 0.446. The van der Waals surface area contributed by atoms with Crippen molar-refractivity contribution in [1.82, 2.24) is 0 Å². The molecule has 0 saturated carbocycles. The molecule has 23 heavy (non-hydrogen) atoms. The van der Waals surface area contributed by atoms with Gasteiger partial charge in [0.15, 0.2) is 9.84 Å². The molecule has 0 aromatic heterocycles. The van der Waals surface area contributed by atoms with E-state index in [-0.39, 0.29) is 10.6 Å². The molecule has 1 aromatic rings. The molecule has 132 valence electrons. The van der Waals surface area contributed by atoms with Gasteiger partial charge in [0, 0.05) is 25.9 Å². The van der Waals surface area contributed by atoms with Crippen molar-refractivity contribution in [2.45, 2.75) is 38.1 Å². The van der Waals surface area contributed by atoms with Gasteiger partial charge in [-0.15, -0.1) is 0 Å². The highest BCUT2D eigenvalue weighted by Crippen LogP contribution is 2.21. The maximum absolute atomic E-state index is 12.9. The number of rotatable bonds is 11. The smallest absolute Gasteiger partial charge is 0.374 e. The van der Waals surface area contributed by atoms with Gasteiger partial charge in [0.1, 0.15) is 5.82 Å². The maximum Gasteiger partial charge on any atom is 0.500 e. The van der Waals surface area contributed by atoms with Crippen molar-refractivity contribution in [2.24, 2.45) is 0 Å². The Balaban J connectivity index is 2.72. The molecule has 0 aliphatic heterocycles. The lowest BCUT2D eigenvalue weighted by Crippen LogP contribution is -2.46. The van der Waals surface area contributed by atoms with Crippen LogP contribution in [0.15, 0.2) is 29.2 Å². The molecule has 5 nitrogen and oxygen atoms in total. The van der Waals surface area contributed by atoms with Crippen LogP contribution in [0, 0.1) is 5.82 Å². The molecule has 0 N–H and O–H groups in total. The second kappa shape index (κ2) is 9.48. The van der Waals surface area contributed by atoms with E-state index in [0.29, 0.717) is 32.3 Å². The third-order valence-electron chi connectivity index (χ3n) is 3.16. The minimum atomic E-state index is -3.46. The molecular weight excluding hydrogens is 339 g/mol. The average Bonchev–Trinajstić information content (AvgIpc) is 2.48. The van der Waals surface area contributed by atoms with Crippen LogP contribution in [0.2, 0.25) is 6.04 Å². The molecule has 0 fully saturated rings. The van der Waals surface area contributed by atoms with Crippen LogP contribution < -0.4 is 0 Å². The minimum Gasteiger partial charge on any atom is -0.374 e. The normalized spacial score (nSPS) is 12.5. The Kier molecular flexibility index (Phi) is 8.35. The highest BCUT2D eigenvalue weighted by atomic mass is 32.2. The fraction of sp³-hybridized carbons (Fsp3) is 0.600. The second-order valence-electron chi connectivity index (χ2n) is 4.86. The van der Waals surface area contributed by atoms with Gasteiger partial charge in [0.25, 0.3) is 0 Å². The van der Waals surface area contributed by atoms with E-state index in [4.69, 9.17) is 13.3 Å². The van der Waals surface area contributed by atoms with Crippen LogP contribution in [-0.4, -0.2) is 42.8 Å². The zero-order chi connectivity index (χ0) is 17.3. The standard InChI is InChI=1S/C15H25FO5SSi/c1-4-19-23(20-5-2,21-6-3)13-7-12-22(17,18)15-10-8-14(16)9-11-15/h8-11H,4-7,12-13H2,1-3H3. The summed E-state index contributed by atoms with van der Waals surface area (Å²) in [6, 6.07) is 5.29. The van der Waals surface area contributed by atoms with E-state index in [2.05, 4.69) is 0 Å². The van der Waals surface area contributed by atoms with Gasteiger partial charge in [-0.1, -0.05) is 0 Å². The first-order valence-electron chi connectivity index (χ1n) is 7.79. The SMILES string of the molecule is CCO[Si](CCCS(=O)(=O)c1ccc(F)cc1)(OCC)OCC. The van der Waals surface area contributed by atoms with Crippen molar-refractivity contribution < 1.29 is 26.1 Å². The van der Waals surface area contributed by atoms with E-state index in [1.807, 2.05) is 20.8 Å². The summed E-state index contributed by atoms with van der Waals surface area (Å²) in [5.74, 6) is -0.514. The fourth-order valence-electron chi connectivity index (χ4n) is 2.24. The first kappa shape index (κ1) is 20.2. The Morgan fingerprint density at radius 1 is 0.957 bits per heavy atom. The van der Waals surface area contributed by atoms with Crippen LogP contribution in [0.1, 0.15) is 27.2 Å². The zero-order valence-electron chi connectivity index (χ0n) is 13.9. The topological polar surface area (TPSA) is 61.8 Å². The lowest BCUT2D eigenvalue weighted by molar-refractivity contribution is 0.0712. The number of benzene rings is 1. The van der Waals surface area contributed by atoms with E-state index in [1.54, 1.807) is 0 Å².